The van der Waals surface area contributed by atoms with Gasteiger partial charge in [0.05, 0.1) is 12.5 Å². The average molecular weight is 436 g/mol. The molecule has 2 atom stereocenters. The van der Waals surface area contributed by atoms with Gasteiger partial charge in [-0.05, 0) is 46.0 Å². The van der Waals surface area contributed by atoms with Gasteiger partial charge in [-0.1, -0.05) is 50.1 Å². The maximum Gasteiger partial charge on any atom is 0.410 e. The van der Waals surface area contributed by atoms with Crippen LogP contribution < -0.4 is 0 Å². The molecule has 1 N–H and O–H groups in total. The van der Waals surface area contributed by atoms with Crippen LogP contribution >= 0.6 is 0 Å². The van der Waals surface area contributed by atoms with Crippen LogP contribution in [-0.2, 0) is 9.53 Å². The van der Waals surface area contributed by atoms with Crippen LogP contribution in [-0.4, -0.2) is 44.4 Å². The van der Waals surface area contributed by atoms with Crippen LogP contribution in [0.5, 0.6) is 0 Å². The van der Waals surface area contributed by atoms with E-state index in [1.54, 1.807) is 4.90 Å². The summed E-state index contributed by atoms with van der Waals surface area (Å²) < 4.78 is 11.0. The first-order chi connectivity index (χ1) is 14.7. The number of carboxylic acids is 1. The number of carbonyl (C=O) groups is 2. The zero-order valence-corrected chi connectivity index (χ0v) is 19.1. The summed E-state index contributed by atoms with van der Waals surface area (Å²) in [6.07, 6.45) is 10.5. The molecule has 1 saturated carbocycles. The van der Waals surface area contributed by atoms with E-state index in [0.717, 1.165) is 38.0 Å². The lowest BCUT2D eigenvalue weighted by molar-refractivity contribution is -0.137. The lowest BCUT2D eigenvalue weighted by Gasteiger charge is -2.27. The molecule has 1 aliphatic heterocycles. The number of likely N-dealkylation sites (tertiary alicyclic amines) is 1. The first kappa shape index (κ1) is 23.5. The monoisotopic (exact) mass is 435 g/mol. The predicted molar refractivity (Wildman–Crippen MR) is 115 cm³/mol. The van der Waals surface area contributed by atoms with E-state index in [0.29, 0.717) is 18.3 Å². The zero-order chi connectivity index (χ0) is 22.4. The molecule has 2 fully saturated rings. The molecule has 0 spiro atoms. The minimum atomic E-state index is -0.862. The maximum atomic E-state index is 12.6. The molecule has 31 heavy (non-hydrogen) atoms. The average Bonchev–Trinajstić information content (AvgIpc) is 3.36. The topological polar surface area (TPSA) is 106 Å². The fraction of sp³-hybridized carbons (Fsp3) is 0.826. The van der Waals surface area contributed by atoms with Gasteiger partial charge >= 0.3 is 12.1 Å². The van der Waals surface area contributed by atoms with Crippen molar-refractivity contribution >= 4 is 12.1 Å². The molecule has 0 aromatic carbocycles. The van der Waals surface area contributed by atoms with Gasteiger partial charge in [0.2, 0.25) is 5.89 Å². The number of amides is 1. The minimum Gasteiger partial charge on any atom is -0.481 e. The van der Waals surface area contributed by atoms with Gasteiger partial charge in [-0.2, -0.15) is 4.98 Å². The van der Waals surface area contributed by atoms with Gasteiger partial charge in [-0.15, -0.1) is 0 Å². The summed E-state index contributed by atoms with van der Waals surface area (Å²) in [5, 5.41) is 13.5. The Labute approximate surface area is 184 Å². The molecule has 3 rings (SSSR count). The Hall–Kier alpha value is -2.12. The highest BCUT2D eigenvalue weighted by molar-refractivity contribution is 5.69. The van der Waals surface area contributed by atoms with E-state index >= 15 is 0 Å². The van der Waals surface area contributed by atoms with Crippen molar-refractivity contribution in [2.75, 3.05) is 6.54 Å². The molecule has 1 amide bonds. The number of rotatable bonds is 8. The molecule has 174 valence electrons. The van der Waals surface area contributed by atoms with E-state index in [-0.39, 0.29) is 24.5 Å². The van der Waals surface area contributed by atoms with Crippen molar-refractivity contribution in [3.63, 3.8) is 0 Å². The van der Waals surface area contributed by atoms with Crippen LogP contribution in [0.15, 0.2) is 4.52 Å². The highest BCUT2D eigenvalue weighted by Crippen LogP contribution is 2.34. The Morgan fingerprint density at radius 2 is 1.94 bits per heavy atom. The van der Waals surface area contributed by atoms with Crippen LogP contribution in [0.25, 0.3) is 0 Å². The molecule has 8 nitrogen and oxygen atoms in total. The van der Waals surface area contributed by atoms with E-state index < -0.39 is 11.6 Å². The second-order valence-corrected chi connectivity index (χ2v) is 10.1. The van der Waals surface area contributed by atoms with Crippen molar-refractivity contribution in [2.24, 2.45) is 5.92 Å². The van der Waals surface area contributed by atoms with E-state index in [4.69, 9.17) is 9.26 Å². The molecule has 1 aromatic rings. The van der Waals surface area contributed by atoms with E-state index in [9.17, 15) is 14.7 Å². The summed E-state index contributed by atoms with van der Waals surface area (Å²) >= 11 is 0. The third-order valence-electron chi connectivity index (χ3n) is 6.30. The Morgan fingerprint density at radius 1 is 1.19 bits per heavy atom. The van der Waals surface area contributed by atoms with Gasteiger partial charge in [-0.3, -0.25) is 9.69 Å². The predicted octanol–water partition coefficient (Wildman–Crippen LogP) is 5.45. The van der Waals surface area contributed by atoms with Crippen LogP contribution in [0.3, 0.4) is 0 Å². The van der Waals surface area contributed by atoms with E-state index in [2.05, 4.69) is 10.1 Å². The number of aromatic nitrogens is 2. The van der Waals surface area contributed by atoms with Gasteiger partial charge in [0.15, 0.2) is 5.82 Å². The summed E-state index contributed by atoms with van der Waals surface area (Å²) in [4.78, 5) is 30.2. The molecule has 8 heteroatoms. The summed E-state index contributed by atoms with van der Waals surface area (Å²) in [6, 6.07) is -0.292. The Kier molecular flexibility index (Phi) is 7.94. The highest BCUT2D eigenvalue weighted by Gasteiger charge is 2.36. The number of carboxylic acid groups (broad SMARTS) is 1. The molecule has 2 heterocycles. The number of nitrogens with zero attached hydrogens (tertiary/aromatic N) is 3. The summed E-state index contributed by atoms with van der Waals surface area (Å²) in [6.45, 7) is 6.11. The first-order valence-corrected chi connectivity index (χ1v) is 11.8. The standard InChI is InChI=1S/C23H37N3O5/c1-23(2,3)30-22(29)26-14-8-13-18(26)20-24-21(31-25-20)17(15-19(27)28)12-7-11-16-9-5-4-6-10-16/h16-18H,4-15H2,1-3H3,(H,27,28)/t17-,18+/m1/s1. The van der Waals surface area contributed by atoms with Crippen LogP contribution in [0.4, 0.5) is 4.79 Å². The first-order valence-electron chi connectivity index (χ1n) is 11.8. The molecular weight excluding hydrogens is 398 g/mol. The number of hydrogen-bond acceptors (Lipinski definition) is 6. The summed E-state index contributed by atoms with van der Waals surface area (Å²) in [5.41, 5.74) is -0.572. The highest BCUT2D eigenvalue weighted by atomic mass is 16.6. The van der Waals surface area contributed by atoms with Crippen LogP contribution in [0, 0.1) is 5.92 Å². The number of ether oxygens (including phenoxy) is 1. The largest absolute Gasteiger partial charge is 0.481 e. The lowest BCUT2D eigenvalue weighted by Crippen LogP contribution is -2.36. The van der Waals surface area contributed by atoms with E-state index in [1.165, 1.54) is 32.1 Å². The third-order valence-corrected chi connectivity index (χ3v) is 6.30. The van der Waals surface area contributed by atoms with Gasteiger partial charge in [0.1, 0.15) is 5.60 Å². The van der Waals surface area contributed by atoms with Crippen molar-refractivity contribution in [3.05, 3.63) is 11.7 Å². The SMILES string of the molecule is CC(C)(C)OC(=O)N1CCC[C@H]1c1noc([C@H](CCCC2CCCCC2)CC(=O)O)n1. The molecule has 1 aromatic heterocycles. The molecule has 0 bridgehead atoms. The maximum absolute atomic E-state index is 12.6. The van der Waals surface area contributed by atoms with Gasteiger partial charge in [0, 0.05) is 12.5 Å². The second kappa shape index (κ2) is 10.5. The molecule has 1 aliphatic carbocycles. The minimum absolute atomic E-state index is 0.0211. The quantitative estimate of drug-likeness (QED) is 0.578. The molecule has 1 saturated heterocycles. The zero-order valence-electron chi connectivity index (χ0n) is 19.1. The van der Waals surface area contributed by atoms with Crippen LogP contribution in [0.1, 0.15) is 115 Å². The number of carbonyl (C=O) groups excluding carboxylic acids is 1. The summed E-state index contributed by atoms with van der Waals surface area (Å²) in [7, 11) is 0. The normalized spacial score (nSPS) is 21.3. The molecule has 0 radical (unpaired) electrons. The Bertz CT molecular complexity index is 736. The van der Waals surface area contributed by atoms with E-state index in [1.807, 2.05) is 20.8 Å². The number of aliphatic carboxylic acids is 1. The molecule has 0 unspecified atom stereocenters. The third kappa shape index (κ3) is 6.94. The van der Waals surface area contributed by atoms with Gasteiger partial charge in [0.25, 0.3) is 0 Å². The number of hydrogen-bond donors (Lipinski definition) is 1. The van der Waals surface area contributed by atoms with Crippen molar-refractivity contribution in [1.82, 2.24) is 15.0 Å². The second-order valence-electron chi connectivity index (χ2n) is 10.1. The summed E-state index contributed by atoms with van der Waals surface area (Å²) in [5.74, 6) is 0.425. The molecule has 2 aliphatic rings. The van der Waals surface area contributed by atoms with Crippen molar-refractivity contribution in [2.45, 2.75) is 109 Å². The fourth-order valence-corrected chi connectivity index (χ4v) is 4.78. The fourth-order valence-electron chi connectivity index (χ4n) is 4.78. The Balaban J connectivity index is 1.63. The van der Waals surface area contributed by atoms with Crippen molar-refractivity contribution in [1.29, 1.82) is 0 Å². The van der Waals surface area contributed by atoms with Gasteiger partial charge in [-0.25, -0.2) is 4.79 Å². The van der Waals surface area contributed by atoms with Crippen LogP contribution in [0.2, 0.25) is 0 Å². The lowest BCUT2D eigenvalue weighted by atomic mass is 9.84. The van der Waals surface area contributed by atoms with Crippen molar-refractivity contribution < 1.29 is 24.0 Å². The smallest absolute Gasteiger partial charge is 0.410 e. The van der Waals surface area contributed by atoms with Crippen molar-refractivity contribution in [3.8, 4) is 0 Å². The Morgan fingerprint density at radius 3 is 2.61 bits per heavy atom. The molecular formula is C23H37N3O5. The van der Waals surface area contributed by atoms with Gasteiger partial charge < -0.3 is 14.4 Å².